The molecule has 1 heterocycles. The molecule has 0 aliphatic carbocycles. The summed E-state index contributed by atoms with van der Waals surface area (Å²) in [5.74, 6) is 0.137. The molecule has 0 bridgehead atoms. The molecule has 132 valence electrons. The van der Waals surface area contributed by atoms with Crippen LogP contribution < -0.4 is 10.2 Å². The van der Waals surface area contributed by atoms with E-state index in [1.807, 2.05) is 30.0 Å². The average molecular weight is 358 g/mol. The van der Waals surface area contributed by atoms with Crippen molar-refractivity contribution in [2.75, 3.05) is 42.9 Å². The van der Waals surface area contributed by atoms with Gasteiger partial charge in [-0.2, -0.15) is 0 Å². The molecule has 5 heteroatoms. The maximum atomic E-state index is 12.5. The molecule has 0 atom stereocenters. The monoisotopic (exact) mass is 357 g/mol. The fourth-order valence-corrected chi connectivity index (χ4v) is 3.37. The number of hydrogen-bond donors (Lipinski definition) is 1. The number of anilines is 2. The van der Waals surface area contributed by atoms with E-state index in [9.17, 15) is 4.79 Å². The van der Waals surface area contributed by atoms with Gasteiger partial charge in [-0.1, -0.05) is 23.7 Å². The van der Waals surface area contributed by atoms with Crippen LogP contribution >= 0.6 is 11.6 Å². The highest BCUT2D eigenvalue weighted by Gasteiger charge is 2.21. The van der Waals surface area contributed by atoms with Gasteiger partial charge in [-0.3, -0.25) is 4.79 Å². The Bertz CT molecular complexity index is 754. The standard InChI is InChI=1S/C20H24ClN3O/c1-15-4-3-5-18(12-15)23-8-10-24(11-9-23)20(25)14-22-19-7-6-17(21)13-16(19)2/h3-7,12-13,22H,8-11,14H2,1-2H3. The van der Waals surface area contributed by atoms with E-state index in [1.54, 1.807) is 0 Å². The first-order chi connectivity index (χ1) is 12.0. The van der Waals surface area contributed by atoms with Crippen molar-refractivity contribution >= 4 is 28.9 Å². The Balaban J connectivity index is 1.51. The molecule has 2 aromatic rings. The van der Waals surface area contributed by atoms with Crippen molar-refractivity contribution in [2.24, 2.45) is 0 Å². The molecule has 0 aromatic heterocycles. The summed E-state index contributed by atoms with van der Waals surface area (Å²) in [6, 6.07) is 14.2. The summed E-state index contributed by atoms with van der Waals surface area (Å²) in [6.45, 7) is 7.66. The molecule has 3 rings (SSSR count). The number of rotatable bonds is 4. The molecular weight excluding hydrogens is 334 g/mol. The number of benzene rings is 2. The van der Waals surface area contributed by atoms with Gasteiger partial charge in [-0.25, -0.2) is 0 Å². The summed E-state index contributed by atoms with van der Waals surface area (Å²) >= 11 is 5.97. The molecule has 25 heavy (non-hydrogen) atoms. The summed E-state index contributed by atoms with van der Waals surface area (Å²) < 4.78 is 0. The Kier molecular flexibility index (Phi) is 5.49. The largest absolute Gasteiger partial charge is 0.376 e. The SMILES string of the molecule is Cc1cccc(N2CCN(C(=O)CNc3ccc(Cl)cc3C)CC2)c1. The first-order valence-corrected chi connectivity index (χ1v) is 9.00. The average Bonchev–Trinajstić information content (AvgIpc) is 2.61. The van der Waals surface area contributed by atoms with Crippen LogP contribution in [0.2, 0.25) is 5.02 Å². The molecule has 1 aliphatic heterocycles. The molecule has 1 saturated heterocycles. The Hall–Kier alpha value is -2.20. The maximum absolute atomic E-state index is 12.5. The van der Waals surface area contributed by atoms with Crippen molar-refractivity contribution in [3.05, 3.63) is 58.6 Å². The molecule has 0 saturated carbocycles. The van der Waals surface area contributed by atoms with Crippen molar-refractivity contribution in [1.29, 1.82) is 0 Å². The molecule has 1 amide bonds. The van der Waals surface area contributed by atoms with E-state index in [-0.39, 0.29) is 5.91 Å². The van der Waals surface area contributed by atoms with E-state index >= 15 is 0 Å². The minimum atomic E-state index is 0.137. The van der Waals surface area contributed by atoms with Gasteiger partial charge in [-0.05, 0) is 55.3 Å². The minimum absolute atomic E-state index is 0.137. The summed E-state index contributed by atoms with van der Waals surface area (Å²) in [5, 5.41) is 3.93. The molecule has 2 aromatic carbocycles. The maximum Gasteiger partial charge on any atom is 0.241 e. The minimum Gasteiger partial charge on any atom is -0.376 e. The van der Waals surface area contributed by atoms with Crippen LogP contribution in [0.3, 0.4) is 0 Å². The van der Waals surface area contributed by atoms with Crippen molar-refractivity contribution in [2.45, 2.75) is 13.8 Å². The second kappa shape index (κ2) is 7.79. The Morgan fingerprint density at radius 1 is 1.08 bits per heavy atom. The third-order valence-electron chi connectivity index (χ3n) is 4.62. The molecule has 1 N–H and O–H groups in total. The lowest BCUT2D eigenvalue weighted by Crippen LogP contribution is -2.50. The normalized spacial score (nSPS) is 14.5. The molecular formula is C20H24ClN3O. The fraction of sp³-hybridized carbons (Fsp3) is 0.350. The number of amides is 1. The van der Waals surface area contributed by atoms with Crippen molar-refractivity contribution in [3.8, 4) is 0 Å². The number of hydrogen-bond acceptors (Lipinski definition) is 3. The Morgan fingerprint density at radius 2 is 1.84 bits per heavy atom. The molecule has 4 nitrogen and oxygen atoms in total. The van der Waals surface area contributed by atoms with Gasteiger partial charge in [-0.15, -0.1) is 0 Å². The van der Waals surface area contributed by atoms with Crippen molar-refractivity contribution in [1.82, 2.24) is 4.90 Å². The van der Waals surface area contributed by atoms with Gasteiger partial charge in [0.1, 0.15) is 0 Å². The highest BCUT2D eigenvalue weighted by atomic mass is 35.5. The predicted molar refractivity (Wildman–Crippen MR) is 105 cm³/mol. The first-order valence-electron chi connectivity index (χ1n) is 8.62. The molecule has 0 radical (unpaired) electrons. The fourth-order valence-electron chi connectivity index (χ4n) is 3.15. The van der Waals surface area contributed by atoms with E-state index in [0.717, 1.165) is 37.4 Å². The number of piperazine rings is 1. The Labute approximate surface area is 154 Å². The van der Waals surface area contributed by atoms with Gasteiger partial charge in [0.2, 0.25) is 5.91 Å². The van der Waals surface area contributed by atoms with Gasteiger partial charge in [0, 0.05) is 42.6 Å². The van der Waals surface area contributed by atoms with Crippen LogP contribution in [0.25, 0.3) is 0 Å². The topological polar surface area (TPSA) is 35.6 Å². The van der Waals surface area contributed by atoms with Crippen LogP contribution in [-0.2, 0) is 4.79 Å². The van der Waals surface area contributed by atoms with Crippen LogP contribution in [0, 0.1) is 13.8 Å². The quantitative estimate of drug-likeness (QED) is 0.905. The number of nitrogens with zero attached hydrogens (tertiary/aromatic N) is 2. The highest BCUT2D eigenvalue weighted by molar-refractivity contribution is 6.30. The van der Waals surface area contributed by atoms with Gasteiger partial charge in [0.05, 0.1) is 6.54 Å². The highest BCUT2D eigenvalue weighted by Crippen LogP contribution is 2.20. The lowest BCUT2D eigenvalue weighted by Gasteiger charge is -2.36. The van der Waals surface area contributed by atoms with E-state index in [2.05, 4.69) is 41.4 Å². The van der Waals surface area contributed by atoms with Crippen LogP contribution in [0.15, 0.2) is 42.5 Å². The first kappa shape index (κ1) is 17.6. The predicted octanol–water partition coefficient (Wildman–Crippen LogP) is 3.72. The third-order valence-corrected chi connectivity index (χ3v) is 4.85. The second-order valence-corrected chi connectivity index (χ2v) is 6.96. The molecule has 1 fully saturated rings. The van der Waals surface area contributed by atoms with Gasteiger partial charge < -0.3 is 15.1 Å². The Morgan fingerprint density at radius 3 is 2.52 bits per heavy atom. The number of aryl methyl sites for hydroxylation is 2. The lowest BCUT2D eigenvalue weighted by molar-refractivity contribution is -0.129. The molecule has 0 spiro atoms. The third kappa shape index (κ3) is 4.45. The lowest BCUT2D eigenvalue weighted by atomic mass is 10.2. The van der Waals surface area contributed by atoms with Crippen molar-refractivity contribution < 1.29 is 4.79 Å². The number of nitrogens with one attached hydrogen (secondary N) is 1. The number of carbonyl (C=O) groups is 1. The van der Waals surface area contributed by atoms with Crippen LogP contribution in [0.1, 0.15) is 11.1 Å². The molecule has 1 aliphatic rings. The van der Waals surface area contributed by atoms with Crippen LogP contribution in [-0.4, -0.2) is 43.5 Å². The van der Waals surface area contributed by atoms with Crippen LogP contribution in [0.4, 0.5) is 11.4 Å². The summed E-state index contributed by atoms with van der Waals surface area (Å²) in [7, 11) is 0. The van der Waals surface area contributed by atoms with Gasteiger partial charge >= 0.3 is 0 Å². The zero-order valence-electron chi connectivity index (χ0n) is 14.8. The van der Waals surface area contributed by atoms with Crippen LogP contribution in [0.5, 0.6) is 0 Å². The zero-order chi connectivity index (χ0) is 17.8. The van der Waals surface area contributed by atoms with Crippen molar-refractivity contribution in [3.63, 3.8) is 0 Å². The summed E-state index contributed by atoms with van der Waals surface area (Å²) in [4.78, 5) is 16.7. The number of halogens is 1. The van der Waals surface area contributed by atoms with E-state index in [1.165, 1.54) is 11.3 Å². The van der Waals surface area contributed by atoms with E-state index in [4.69, 9.17) is 11.6 Å². The summed E-state index contributed by atoms with van der Waals surface area (Å²) in [5.41, 5.74) is 4.50. The van der Waals surface area contributed by atoms with E-state index < -0.39 is 0 Å². The molecule has 0 unspecified atom stereocenters. The van der Waals surface area contributed by atoms with Gasteiger partial charge in [0.15, 0.2) is 0 Å². The smallest absolute Gasteiger partial charge is 0.241 e. The second-order valence-electron chi connectivity index (χ2n) is 6.52. The zero-order valence-corrected chi connectivity index (χ0v) is 15.5. The van der Waals surface area contributed by atoms with Gasteiger partial charge in [0.25, 0.3) is 0 Å². The summed E-state index contributed by atoms with van der Waals surface area (Å²) in [6.07, 6.45) is 0. The number of carbonyl (C=O) groups excluding carboxylic acids is 1. The van der Waals surface area contributed by atoms with E-state index in [0.29, 0.717) is 11.6 Å².